The average Bonchev–Trinajstić information content (AvgIpc) is 4.18. The van der Waals surface area contributed by atoms with Gasteiger partial charge in [-0.05, 0) is 90.3 Å². The summed E-state index contributed by atoms with van der Waals surface area (Å²) in [4.78, 5) is 58.0. The van der Waals surface area contributed by atoms with Crippen molar-refractivity contribution in [2.75, 3.05) is 0 Å². The van der Waals surface area contributed by atoms with E-state index in [1.807, 2.05) is 38.4 Å². The summed E-state index contributed by atoms with van der Waals surface area (Å²) in [6.07, 6.45) is 18.5. The molecule has 11 aromatic heterocycles. The molecule has 0 amide bonds. The van der Waals surface area contributed by atoms with Crippen LogP contribution in [0.15, 0.2) is 172 Å². The standard InChI is InChI=1S/C14H13BrClN5O.C14H14ClN5O.C10H9BrClN3O.C7H8ClNO.C7H9NO2.C3H2BrClN2/c1-19-5-3-4-9(14(19)22)8-21-13(16)10(6-18-21)12-11(15)7-17-20(12)2;1-18-7-3-4-10(14(18)21)9-20-13(15)11(8-17-20)12-5-6-16-19(12)2;1-14-4-2-3-7(10(14)16)6-15-9(12)8(11)5-13-15;1-9-4-2-3-6(5-8)7(9)10;1-8-4-2-3-6(5-9)7(8)10;4-2-1-6-7-3(2)5/h3-7H,8H2,1-2H3;3-8H,9H2,1-2H3;2-5H,6H2,1H3;2-4H,5H2,1H3;2-4,9H,5H2,1H3;1H,(H,6,7). The van der Waals surface area contributed by atoms with Crippen LogP contribution in [0.5, 0.6) is 0 Å². The molecule has 0 aliphatic heterocycles. The molecule has 86 heavy (non-hydrogen) atoms. The number of aromatic nitrogens is 17. The first-order chi connectivity index (χ1) is 41.0. The van der Waals surface area contributed by atoms with Crippen LogP contribution in [0.3, 0.4) is 0 Å². The highest BCUT2D eigenvalue weighted by molar-refractivity contribution is 9.11. The molecule has 11 aromatic rings. The number of aliphatic hydroxyl groups is 1. The van der Waals surface area contributed by atoms with Gasteiger partial charge >= 0.3 is 0 Å². The SMILES string of the molecule is Clc1[nH]ncc1Br.Cn1cccc(CCl)c1=O.Cn1cccc(CO)c1=O.Cn1cccc(Cn2ncc(Br)c2Cl)c1=O.Cn1ncc(Br)c1-c1cnn(Cc2cccn(C)c2=O)c1Cl.Cn1nccc1-c1cnn(Cc2cccn(C)c2=O)c1Cl. The number of aromatic amines is 1. The van der Waals surface area contributed by atoms with Crippen molar-refractivity contribution in [3.63, 3.8) is 0 Å². The Bertz CT molecular complexity index is 4280. The number of rotatable bonds is 10. The molecule has 23 nitrogen and oxygen atoms in total. The molecule has 0 fully saturated rings. The van der Waals surface area contributed by atoms with E-state index in [4.69, 9.17) is 63.1 Å². The lowest BCUT2D eigenvalue weighted by Crippen LogP contribution is -2.22. The summed E-state index contributed by atoms with van der Waals surface area (Å²) in [7, 11) is 12.2. The van der Waals surface area contributed by atoms with Crippen molar-refractivity contribution >= 4 is 106 Å². The van der Waals surface area contributed by atoms with E-state index in [2.05, 4.69) is 83.5 Å². The minimum atomic E-state index is -0.187. The molecule has 452 valence electrons. The van der Waals surface area contributed by atoms with Crippen molar-refractivity contribution in [3.8, 4) is 22.5 Å². The maximum atomic E-state index is 12.1. The molecule has 0 spiro atoms. The maximum Gasteiger partial charge on any atom is 0.255 e. The molecule has 0 aromatic carbocycles. The van der Waals surface area contributed by atoms with Crippen molar-refractivity contribution in [3.05, 3.63) is 249 Å². The van der Waals surface area contributed by atoms with Crippen LogP contribution in [0.2, 0.25) is 20.6 Å². The highest BCUT2D eigenvalue weighted by Crippen LogP contribution is 2.33. The third kappa shape index (κ3) is 17.5. The maximum absolute atomic E-state index is 12.1. The zero-order valence-electron chi connectivity index (χ0n) is 46.9. The van der Waals surface area contributed by atoms with Crippen molar-refractivity contribution in [2.24, 2.45) is 49.3 Å². The van der Waals surface area contributed by atoms with Crippen LogP contribution in [-0.2, 0) is 81.5 Å². The molecule has 0 aliphatic carbocycles. The lowest BCUT2D eigenvalue weighted by molar-refractivity contribution is 0.279. The smallest absolute Gasteiger partial charge is 0.255 e. The van der Waals surface area contributed by atoms with E-state index in [1.54, 1.807) is 169 Å². The predicted molar refractivity (Wildman–Crippen MR) is 344 cm³/mol. The number of pyridine rings is 5. The molecule has 0 radical (unpaired) electrons. The van der Waals surface area contributed by atoms with Crippen LogP contribution < -0.4 is 27.8 Å². The summed E-state index contributed by atoms with van der Waals surface area (Å²) in [5.74, 6) is 0.285. The molecule has 0 bridgehead atoms. The number of H-pyrrole nitrogens is 1. The van der Waals surface area contributed by atoms with E-state index < -0.39 is 0 Å². The normalized spacial score (nSPS) is 10.6. The largest absolute Gasteiger partial charge is 0.391 e. The molecular weight excluding hydrogens is 1410 g/mol. The van der Waals surface area contributed by atoms with Gasteiger partial charge in [-0.3, -0.25) is 38.4 Å². The molecule has 2 N–H and O–H groups in total. The minimum absolute atomic E-state index is 0.0162. The van der Waals surface area contributed by atoms with Gasteiger partial charge < -0.3 is 27.9 Å². The predicted octanol–water partition coefficient (Wildman–Crippen LogP) is 9.00. The third-order valence-corrected chi connectivity index (χ3v) is 16.4. The van der Waals surface area contributed by atoms with E-state index in [0.29, 0.717) is 68.1 Å². The lowest BCUT2D eigenvalue weighted by atomic mass is 10.2. The number of aryl methyl sites for hydroxylation is 7. The topological polar surface area (TPSA) is 248 Å². The zero-order chi connectivity index (χ0) is 62.9. The highest BCUT2D eigenvalue weighted by atomic mass is 79.9. The highest BCUT2D eigenvalue weighted by Gasteiger charge is 2.19. The Kier molecular flexibility index (Phi) is 25.3. The molecule has 31 heteroatoms. The first-order valence-corrected chi connectivity index (χ1v) is 29.6. The Labute approximate surface area is 541 Å². The average molecular weight is 1470 g/mol. The molecule has 0 saturated heterocycles. The fourth-order valence-electron chi connectivity index (χ4n) is 7.69. The number of aliphatic hydroxyl groups excluding tert-OH is 1. The fourth-order valence-corrected chi connectivity index (χ4v) is 9.69. The molecular formula is C55H55Br3Cl5N17O6. The van der Waals surface area contributed by atoms with Gasteiger partial charge in [-0.2, -0.15) is 30.6 Å². The van der Waals surface area contributed by atoms with Crippen LogP contribution in [-0.4, -0.2) is 87.0 Å². The first kappa shape index (κ1) is 68.0. The van der Waals surface area contributed by atoms with Gasteiger partial charge in [0.05, 0.1) is 99.0 Å². The van der Waals surface area contributed by atoms with Gasteiger partial charge in [-0.25, -0.2) is 14.0 Å². The van der Waals surface area contributed by atoms with Crippen molar-refractivity contribution < 1.29 is 5.11 Å². The second kappa shape index (κ2) is 32.0. The van der Waals surface area contributed by atoms with Crippen LogP contribution in [0.1, 0.15) is 27.8 Å². The van der Waals surface area contributed by atoms with Crippen molar-refractivity contribution in [1.82, 2.24) is 81.9 Å². The summed E-state index contributed by atoms with van der Waals surface area (Å²) in [6.45, 7) is 0.845. The number of hydrogen-bond acceptors (Lipinski definition) is 12. The van der Waals surface area contributed by atoms with Gasteiger partial charge in [0.2, 0.25) is 0 Å². The molecule has 11 rings (SSSR count). The Morgan fingerprint density at radius 1 is 0.453 bits per heavy atom. The van der Waals surface area contributed by atoms with E-state index in [-0.39, 0.29) is 40.3 Å². The van der Waals surface area contributed by atoms with Gasteiger partial charge in [-0.1, -0.05) is 70.7 Å². The van der Waals surface area contributed by atoms with E-state index >= 15 is 0 Å². The first-order valence-electron chi connectivity index (χ1n) is 25.2. The summed E-state index contributed by atoms with van der Waals surface area (Å²) < 4.78 is 18.2. The van der Waals surface area contributed by atoms with Gasteiger partial charge in [0.1, 0.15) is 20.6 Å². The molecule has 0 aliphatic rings. The summed E-state index contributed by atoms with van der Waals surface area (Å²) in [5, 5.41) is 37.7. The molecule has 0 unspecified atom stereocenters. The molecule has 0 saturated carbocycles. The van der Waals surface area contributed by atoms with Gasteiger partial charge in [0.25, 0.3) is 27.8 Å². The van der Waals surface area contributed by atoms with Crippen LogP contribution >= 0.6 is 106 Å². The molecule has 11 heterocycles. The quantitative estimate of drug-likeness (QED) is 0.122. The zero-order valence-corrected chi connectivity index (χ0v) is 55.4. The van der Waals surface area contributed by atoms with E-state index in [1.165, 1.54) is 22.8 Å². The summed E-state index contributed by atoms with van der Waals surface area (Å²) in [5.41, 5.74) is 6.00. The summed E-state index contributed by atoms with van der Waals surface area (Å²) >= 11 is 39.6. The number of halogens is 8. The Morgan fingerprint density at radius 3 is 1.19 bits per heavy atom. The second-order valence-electron chi connectivity index (χ2n) is 18.3. The number of nitrogens with one attached hydrogen (secondary N) is 1. The second-order valence-corrected chi connectivity index (χ2v) is 22.6. The van der Waals surface area contributed by atoms with Crippen LogP contribution in [0.25, 0.3) is 22.5 Å². The van der Waals surface area contributed by atoms with Crippen molar-refractivity contribution in [2.45, 2.75) is 32.1 Å². The third-order valence-electron chi connectivity index (χ3n) is 12.4. The van der Waals surface area contributed by atoms with Gasteiger partial charge in [0.15, 0.2) is 0 Å². The lowest BCUT2D eigenvalue weighted by Gasteiger charge is -2.06. The number of nitrogens with zero attached hydrogens (tertiary/aromatic N) is 16. The molecule has 0 atom stereocenters. The van der Waals surface area contributed by atoms with Crippen LogP contribution in [0.4, 0.5) is 0 Å². The van der Waals surface area contributed by atoms with E-state index in [9.17, 15) is 24.0 Å². The Hall–Kier alpha value is -7.14. The summed E-state index contributed by atoms with van der Waals surface area (Å²) in [6, 6.07) is 19.6. The van der Waals surface area contributed by atoms with Gasteiger partial charge in [-0.15, -0.1) is 11.6 Å². The monoisotopic (exact) mass is 1460 g/mol. The van der Waals surface area contributed by atoms with Crippen LogP contribution in [0, 0.1) is 0 Å². The number of hydrogen-bond donors (Lipinski definition) is 2. The van der Waals surface area contributed by atoms with Crippen molar-refractivity contribution in [1.29, 1.82) is 0 Å². The Balaban J connectivity index is 0.000000172. The fraction of sp³-hybridized carbons (Fsp3) is 0.218. The minimum Gasteiger partial charge on any atom is -0.391 e. The van der Waals surface area contributed by atoms with Gasteiger partial charge in [0, 0.05) is 114 Å². The number of alkyl halides is 1. The van der Waals surface area contributed by atoms with E-state index in [0.717, 1.165) is 35.9 Å². The Morgan fingerprint density at radius 2 is 0.849 bits per heavy atom.